The van der Waals surface area contributed by atoms with Gasteiger partial charge in [-0.1, -0.05) is 26.0 Å². The maximum absolute atomic E-state index is 13.0. The minimum Gasteiger partial charge on any atom is -0.507 e. The second-order valence-corrected chi connectivity index (χ2v) is 8.22. The number of ether oxygens (including phenoxy) is 3. The molecule has 1 fully saturated rings. The molecule has 1 atom stereocenters. The van der Waals surface area contributed by atoms with Crippen LogP contribution in [0.3, 0.4) is 0 Å². The minimum absolute atomic E-state index is 0.0422. The van der Waals surface area contributed by atoms with Gasteiger partial charge >= 0.3 is 0 Å². The number of aliphatic hydroxyl groups excluding tert-OH is 1. The summed E-state index contributed by atoms with van der Waals surface area (Å²) in [5.41, 5.74) is 1.15. The summed E-state index contributed by atoms with van der Waals surface area (Å²) >= 11 is 0. The molecule has 33 heavy (non-hydrogen) atoms. The Balaban J connectivity index is 2.04. The van der Waals surface area contributed by atoms with Gasteiger partial charge in [0.1, 0.15) is 17.3 Å². The lowest BCUT2D eigenvalue weighted by atomic mass is 9.95. The number of ketones is 1. The topological polar surface area (TPSA) is 85.3 Å². The van der Waals surface area contributed by atoms with Gasteiger partial charge in [0.15, 0.2) is 0 Å². The third-order valence-corrected chi connectivity index (χ3v) is 5.27. The average molecular weight is 454 g/mol. The molecule has 0 aromatic heterocycles. The molecule has 1 aliphatic heterocycles. The van der Waals surface area contributed by atoms with Crippen molar-refractivity contribution in [1.82, 2.24) is 4.90 Å². The lowest BCUT2D eigenvalue weighted by molar-refractivity contribution is -0.140. The van der Waals surface area contributed by atoms with Gasteiger partial charge in [-0.25, -0.2) is 0 Å². The van der Waals surface area contributed by atoms with Gasteiger partial charge in [0.05, 0.1) is 31.4 Å². The van der Waals surface area contributed by atoms with E-state index in [1.807, 2.05) is 19.1 Å². The van der Waals surface area contributed by atoms with Crippen molar-refractivity contribution in [2.45, 2.75) is 26.8 Å². The highest BCUT2D eigenvalue weighted by atomic mass is 16.5. The molecular weight excluding hydrogens is 422 g/mol. The Morgan fingerprint density at radius 1 is 1.06 bits per heavy atom. The molecule has 0 bridgehead atoms. The van der Waals surface area contributed by atoms with Crippen LogP contribution >= 0.6 is 0 Å². The molecule has 1 unspecified atom stereocenters. The number of Topliss-reactive ketones (excluding diaryl/α,β-unsaturated/α-hetero) is 1. The number of rotatable bonds is 10. The van der Waals surface area contributed by atoms with Gasteiger partial charge in [-0.05, 0) is 54.8 Å². The minimum atomic E-state index is -0.752. The van der Waals surface area contributed by atoms with Crippen molar-refractivity contribution < 1.29 is 28.9 Å². The highest BCUT2D eigenvalue weighted by Crippen LogP contribution is 2.40. The molecule has 2 aromatic rings. The largest absolute Gasteiger partial charge is 0.507 e. The van der Waals surface area contributed by atoms with E-state index in [1.54, 1.807) is 36.4 Å². The highest BCUT2D eigenvalue weighted by Gasteiger charge is 2.46. The van der Waals surface area contributed by atoms with Crippen LogP contribution in [0.25, 0.3) is 5.76 Å². The number of benzene rings is 2. The first-order valence-corrected chi connectivity index (χ1v) is 11.1. The quantitative estimate of drug-likeness (QED) is 0.330. The van der Waals surface area contributed by atoms with E-state index >= 15 is 0 Å². The molecule has 0 spiro atoms. The Hall–Kier alpha value is -3.32. The average Bonchev–Trinajstić information content (AvgIpc) is 3.06. The third-order valence-electron chi connectivity index (χ3n) is 5.27. The summed E-state index contributed by atoms with van der Waals surface area (Å²) < 4.78 is 16.4. The van der Waals surface area contributed by atoms with Crippen LogP contribution in [0.1, 0.15) is 37.9 Å². The summed E-state index contributed by atoms with van der Waals surface area (Å²) in [6, 6.07) is 13.3. The zero-order chi connectivity index (χ0) is 24.0. The first-order valence-electron chi connectivity index (χ1n) is 11.1. The van der Waals surface area contributed by atoms with Gasteiger partial charge < -0.3 is 24.2 Å². The van der Waals surface area contributed by atoms with E-state index in [0.717, 1.165) is 0 Å². The first-order chi connectivity index (χ1) is 15.9. The first kappa shape index (κ1) is 24.3. The molecule has 1 N–H and O–H groups in total. The van der Waals surface area contributed by atoms with Crippen molar-refractivity contribution in [3.63, 3.8) is 0 Å². The van der Waals surface area contributed by atoms with Gasteiger partial charge in [-0.15, -0.1) is 0 Å². The number of amides is 1. The van der Waals surface area contributed by atoms with Crippen LogP contribution < -0.4 is 9.47 Å². The van der Waals surface area contributed by atoms with E-state index in [2.05, 4.69) is 13.8 Å². The lowest BCUT2D eigenvalue weighted by Gasteiger charge is -2.25. The summed E-state index contributed by atoms with van der Waals surface area (Å²) in [5, 5.41) is 11.1. The predicted molar refractivity (Wildman–Crippen MR) is 125 cm³/mol. The molecule has 176 valence electrons. The van der Waals surface area contributed by atoms with Crippen LogP contribution in [0.15, 0.2) is 54.1 Å². The summed E-state index contributed by atoms with van der Waals surface area (Å²) in [4.78, 5) is 27.3. The molecule has 3 rings (SSSR count). The van der Waals surface area contributed by atoms with E-state index in [-0.39, 0.29) is 24.5 Å². The van der Waals surface area contributed by atoms with Gasteiger partial charge in [0.2, 0.25) is 0 Å². The van der Waals surface area contributed by atoms with Crippen molar-refractivity contribution in [2.75, 3.05) is 33.5 Å². The number of methoxy groups -OCH3 is 1. The number of likely N-dealkylation sites (tertiary alicyclic amines) is 1. The third kappa shape index (κ3) is 5.54. The molecule has 2 aromatic carbocycles. The molecule has 1 amide bonds. The second kappa shape index (κ2) is 11.0. The normalized spacial score (nSPS) is 17.6. The molecule has 0 aliphatic carbocycles. The molecule has 1 aliphatic rings. The zero-order valence-electron chi connectivity index (χ0n) is 19.5. The standard InChI is InChI=1S/C26H31NO6/c1-5-32-21-8-6-7-19(15-21)23-22(25(29)26(30)27(23)13-14-31-4)24(28)18-9-11-20(12-10-18)33-16-17(2)3/h6-12,15,17,23,28H,5,13-14,16H2,1-4H3/b24-22-. The molecule has 1 saturated heterocycles. The Bertz CT molecular complexity index is 1010. The van der Waals surface area contributed by atoms with Crippen molar-refractivity contribution >= 4 is 17.4 Å². The predicted octanol–water partition coefficient (Wildman–Crippen LogP) is 4.19. The van der Waals surface area contributed by atoms with E-state index < -0.39 is 17.7 Å². The van der Waals surface area contributed by atoms with Crippen LogP contribution in [0.4, 0.5) is 0 Å². The van der Waals surface area contributed by atoms with Gasteiger partial charge in [0.25, 0.3) is 11.7 Å². The Morgan fingerprint density at radius 2 is 1.79 bits per heavy atom. The van der Waals surface area contributed by atoms with Crippen molar-refractivity contribution in [2.24, 2.45) is 5.92 Å². The summed E-state index contributed by atoms with van der Waals surface area (Å²) in [6.45, 7) is 7.53. The molecular formula is C26H31NO6. The Morgan fingerprint density at radius 3 is 2.42 bits per heavy atom. The second-order valence-electron chi connectivity index (χ2n) is 8.22. The van der Waals surface area contributed by atoms with Gasteiger partial charge in [0, 0.05) is 19.2 Å². The van der Waals surface area contributed by atoms with Crippen LogP contribution in [0.2, 0.25) is 0 Å². The van der Waals surface area contributed by atoms with Crippen LogP contribution in [0.5, 0.6) is 11.5 Å². The molecule has 0 saturated carbocycles. The van der Waals surface area contributed by atoms with E-state index in [0.29, 0.717) is 41.8 Å². The maximum atomic E-state index is 13.0. The fourth-order valence-corrected chi connectivity index (χ4v) is 3.72. The van der Waals surface area contributed by atoms with Crippen molar-refractivity contribution in [3.05, 3.63) is 65.2 Å². The molecule has 7 heteroatoms. The smallest absolute Gasteiger partial charge is 0.295 e. The lowest BCUT2D eigenvalue weighted by Crippen LogP contribution is -2.32. The summed E-state index contributed by atoms with van der Waals surface area (Å²) in [6.07, 6.45) is 0. The van der Waals surface area contributed by atoms with Gasteiger partial charge in [-0.2, -0.15) is 0 Å². The number of aliphatic hydroxyl groups is 1. The number of hydrogen-bond acceptors (Lipinski definition) is 6. The van der Waals surface area contributed by atoms with E-state index in [1.165, 1.54) is 12.0 Å². The maximum Gasteiger partial charge on any atom is 0.295 e. The van der Waals surface area contributed by atoms with Gasteiger partial charge in [-0.3, -0.25) is 9.59 Å². The number of carbonyl (C=O) groups is 2. The Labute approximate surface area is 194 Å². The number of nitrogens with zero attached hydrogens (tertiary/aromatic N) is 1. The number of hydrogen-bond donors (Lipinski definition) is 1. The van der Waals surface area contributed by atoms with Crippen molar-refractivity contribution in [3.8, 4) is 11.5 Å². The monoisotopic (exact) mass is 453 g/mol. The van der Waals surface area contributed by atoms with E-state index in [9.17, 15) is 14.7 Å². The fourth-order valence-electron chi connectivity index (χ4n) is 3.72. The zero-order valence-corrected chi connectivity index (χ0v) is 19.5. The van der Waals surface area contributed by atoms with Crippen LogP contribution in [0, 0.1) is 5.92 Å². The fraction of sp³-hybridized carbons (Fsp3) is 0.385. The molecule has 7 nitrogen and oxygen atoms in total. The number of carbonyl (C=O) groups excluding carboxylic acids is 2. The molecule has 0 radical (unpaired) electrons. The van der Waals surface area contributed by atoms with Crippen LogP contribution in [-0.4, -0.2) is 55.2 Å². The Kier molecular flexibility index (Phi) is 8.11. The summed E-state index contributed by atoms with van der Waals surface area (Å²) in [7, 11) is 1.53. The van der Waals surface area contributed by atoms with E-state index in [4.69, 9.17) is 14.2 Å². The highest BCUT2D eigenvalue weighted by molar-refractivity contribution is 6.46. The summed E-state index contributed by atoms with van der Waals surface area (Å²) in [5.74, 6) is 0.0534. The van der Waals surface area contributed by atoms with Crippen molar-refractivity contribution in [1.29, 1.82) is 0 Å². The SMILES string of the molecule is CCOc1cccc(C2/C(=C(/O)c3ccc(OCC(C)C)cc3)C(=O)C(=O)N2CCOC)c1. The molecule has 1 heterocycles. The van der Waals surface area contributed by atoms with Crippen LogP contribution in [-0.2, 0) is 14.3 Å².